The summed E-state index contributed by atoms with van der Waals surface area (Å²) < 4.78 is 0. The van der Waals surface area contributed by atoms with E-state index in [2.05, 4.69) is 0 Å². The van der Waals surface area contributed by atoms with Crippen LogP contribution in [0.25, 0.3) is 0 Å². The first kappa shape index (κ1) is 9.99. The van der Waals surface area contributed by atoms with Crippen molar-refractivity contribution >= 4 is 38.8 Å². The van der Waals surface area contributed by atoms with Crippen LogP contribution in [0.4, 0.5) is 0 Å². The monoisotopic (exact) mass is 376 g/mol. The van der Waals surface area contributed by atoms with Gasteiger partial charge in [-0.15, -0.1) is 0 Å². The number of halogens is 6. The fraction of sp³-hybridized carbons (Fsp3) is 0. The topological polar surface area (TPSA) is 0 Å². The molecule has 0 aliphatic rings. The molecule has 0 aromatic heterocycles. The van der Waals surface area contributed by atoms with Crippen LogP contribution in [-0.4, -0.2) is 0 Å². The summed E-state index contributed by atoms with van der Waals surface area (Å²) in [7, 11) is 0. The molecule has 0 aliphatic heterocycles. The van der Waals surface area contributed by atoms with E-state index in [0.29, 0.717) is 0 Å². The quantitative estimate of drug-likeness (QED) is 0.593. The Hall–Kier alpha value is 2.99. The Kier molecular flexibility index (Phi) is 2.53. The van der Waals surface area contributed by atoms with Crippen molar-refractivity contribution in [2.45, 2.75) is 0 Å². The molecule has 0 fully saturated rings. The van der Waals surface area contributed by atoms with Crippen LogP contribution in [-0.2, 0) is 0 Å². The molecule has 0 rings (SSSR count). The molecule has 0 heterocycles. The zero-order valence-electron chi connectivity index (χ0n) is 2.56. The minimum atomic E-state index is -5.19. The van der Waals surface area contributed by atoms with Gasteiger partial charge in [0.05, 0.1) is 0 Å². The molecular weight excluding hydrogens is 380 g/mol. The zero-order chi connectivity index (χ0) is 6.41. The first-order valence-corrected chi connectivity index (χ1v) is 14.6. The Morgan fingerprint density at radius 3 is 0.571 bits per heavy atom. The predicted molar refractivity (Wildman–Crippen MR) is 35.1 cm³/mol. The van der Waals surface area contributed by atoms with Crippen molar-refractivity contribution in [3.8, 4) is 0 Å². The van der Waals surface area contributed by atoms with E-state index >= 15 is 0 Å². The van der Waals surface area contributed by atoms with Crippen molar-refractivity contribution in [2.24, 2.45) is 0 Å². The third kappa shape index (κ3) is 49.2. The van der Waals surface area contributed by atoms with Crippen LogP contribution in [0.5, 0.6) is 0 Å². The van der Waals surface area contributed by atoms with E-state index < -0.39 is 16.8 Å². The van der Waals surface area contributed by atoms with Gasteiger partial charge in [0.25, 0.3) is 0 Å². The van der Waals surface area contributed by atoms with Crippen LogP contribution in [0.15, 0.2) is 0 Å². The molecule has 0 aromatic carbocycles. The van der Waals surface area contributed by atoms with Crippen LogP contribution in [0.1, 0.15) is 0 Å². The second-order valence-corrected chi connectivity index (χ2v) is 41.3. The first-order valence-electron chi connectivity index (χ1n) is 0.655. The summed E-state index contributed by atoms with van der Waals surface area (Å²) in [6.45, 7) is 30.2. The predicted octanol–water partition coefficient (Wildman–Crippen LogP) is 4.14. The SMILES string of the molecule is [Cl][Er]([Cl])([Cl])([Cl])([Cl])[Cl]. The van der Waals surface area contributed by atoms with Gasteiger partial charge >= 0.3 is 55.6 Å². The maximum absolute atomic E-state index is 5.19. The Balaban J connectivity index is 4.43. The van der Waals surface area contributed by atoms with Crippen LogP contribution in [0, 0.1) is 16.8 Å². The molecule has 0 spiro atoms. The molecule has 0 amide bonds. The van der Waals surface area contributed by atoms with E-state index in [1.807, 2.05) is 0 Å². The molecular formula is Cl6Er. The second-order valence-electron chi connectivity index (χ2n) is 0.619. The summed E-state index contributed by atoms with van der Waals surface area (Å²) in [5, 5.41) is 0. The van der Waals surface area contributed by atoms with Gasteiger partial charge in [0.2, 0.25) is 0 Å². The van der Waals surface area contributed by atoms with Crippen molar-refractivity contribution in [3.05, 3.63) is 0 Å². The van der Waals surface area contributed by atoms with Crippen LogP contribution >= 0.6 is 38.8 Å². The van der Waals surface area contributed by atoms with E-state index in [1.165, 1.54) is 0 Å². The summed E-state index contributed by atoms with van der Waals surface area (Å²) in [4.78, 5) is 0. The van der Waals surface area contributed by atoms with Crippen molar-refractivity contribution < 1.29 is 16.8 Å². The van der Waals surface area contributed by atoms with E-state index in [4.69, 9.17) is 38.8 Å². The Morgan fingerprint density at radius 1 is 0.571 bits per heavy atom. The molecule has 0 bridgehead atoms. The Labute approximate surface area is 53.8 Å². The molecule has 0 aromatic rings. The van der Waals surface area contributed by atoms with Gasteiger partial charge in [0.15, 0.2) is 0 Å². The molecule has 7 heavy (non-hydrogen) atoms. The van der Waals surface area contributed by atoms with Crippen molar-refractivity contribution in [3.63, 3.8) is 0 Å². The van der Waals surface area contributed by atoms with Gasteiger partial charge in [-0.25, -0.2) is 0 Å². The van der Waals surface area contributed by atoms with Crippen LogP contribution in [0.3, 0.4) is 0 Å². The minimum absolute atomic E-state index is 5.04. The molecule has 0 unspecified atom stereocenters. The number of hydrogen-bond donors (Lipinski definition) is 0. The standard InChI is InChI=1S/6ClH.Er/h6*1H;/q;;;;;;+6/p-6. The molecule has 7 heteroatoms. The molecule has 0 aliphatic carbocycles. The molecule has 0 atom stereocenters. The third-order valence-electron chi connectivity index (χ3n) is 0. The number of hydrogen-bond acceptors (Lipinski definition) is 0. The van der Waals surface area contributed by atoms with Crippen molar-refractivity contribution in [2.75, 3.05) is 0 Å². The average molecular weight is 380 g/mol. The Bertz CT molecular complexity index is 62.7. The van der Waals surface area contributed by atoms with Gasteiger partial charge in [-0.3, -0.25) is 0 Å². The normalized spacial score (nSPS) is 23.1. The fourth-order valence-corrected chi connectivity index (χ4v) is 0. The van der Waals surface area contributed by atoms with Gasteiger partial charge in [-0.05, 0) is 0 Å². The van der Waals surface area contributed by atoms with Crippen LogP contribution in [0.2, 0.25) is 0 Å². The van der Waals surface area contributed by atoms with Crippen LogP contribution < -0.4 is 0 Å². The molecule has 0 saturated carbocycles. The fourth-order valence-electron chi connectivity index (χ4n) is 0. The van der Waals surface area contributed by atoms with Crippen molar-refractivity contribution in [1.82, 2.24) is 0 Å². The van der Waals surface area contributed by atoms with Crippen molar-refractivity contribution in [1.29, 1.82) is 0 Å². The summed E-state index contributed by atoms with van der Waals surface area (Å²) >= 11 is -5.19. The summed E-state index contributed by atoms with van der Waals surface area (Å²) in [5.74, 6) is 0. The van der Waals surface area contributed by atoms with E-state index in [-0.39, 0.29) is 0 Å². The third-order valence-corrected chi connectivity index (χ3v) is 0. The van der Waals surface area contributed by atoms with Gasteiger partial charge in [0, 0.05) is 0 Å². The number of rotatable bonds is 0. The first-order chi connectivity index (χ1) is 2.45. The summed E-state index contributed by atoms with van der Waals surface area (Å²) in [6.07, 6.45) is 0. The molecule has 0 radical (unpaired) electrons. The van der Waals surface area contributed by atoms with Gasteiger partial charge < -0.3 is 0 Å². The van der Waals surface area contributed by atoms with Gasteiger partial charge in [0.1, 0.15) is 0 Å². The van der Waals surface area contributed by atoms with E-state index in [9.17, 15) is 0 Å². The van der Waals surface area contributed by atoms with E-state index in [1.54, 1.807) is 0 Å². The zero-order valence-corrected chi connectivity index (χ0v) is 8.94. The second kappa shape index (κ2) is 1.77. The molecule has 0 nitrogen and oxygen atoms in total. The summed E-state index contributed by atoms with van der Waals surface area (Å²) in [5.41, 5.74) is 0. The van der Waals surface area contributed by atoms with Gasteiger partial charge in [-0.2, -0.15) is 0 Å². The maximum atomic E-state index is 5.04. The average Bonchev–Trinajstić information content (AvgIpc) is 0.592. The van der Waals surface area contributed by atoms with E-state index in [0.717, 1.165) is 0 Å². The van der Waals surface area contributed by atoms with Gasteiger partial charge in [-0.1, -0.05) is 0 Å². The molecule has 0 saturated heterocycles. The summed E-state index contributed by atoms with van der Waals surface area (Å²) in [6, 6.07) is 0. The Morgan fingerprint density at radius 2 is 0.571 bits per heavy atom. The molecule has 54 valence electrons. The molecule has 0 N–H and O–H groups in total.